The molecule has 1 fully saturated rings. The lowest BCUT2D eigenvalue weighted by Crippen LogP contribution is -2.51. The van der Waals surface area contributed by atoms with Gasteiger partial charge in [0, 0.05) is 38.8 Å². The predicted octanol–water partition coefficient (Wildman–Crippen LogP) is -1.24. The highest BCUT2D eigenvalue weighted by atomic mass is 16.4. The van der Waals surface area contributed by atoms with Gasteiger partial charge in [-0.05, 0) is 13.8 Å². The van der Waals surface area contributed by atoms with Gasteiger partial charge in [-0.15, -0.1) is 0 Å². The second-order valence-electron chi connectivity index (χ2n) is 3.78. The highest BCUT2D eigenvalue weighted by molar-refractivity contribution is 5.66. The van der Waals surface area contributed by atoms with Crippen LogP contribution in [0.1, 0.15) is 13.8 Å². The van der Waals surface area contributed by atoms with Crippen LogP contribution in [0.15, 0.2) is 0 Å². The van der Waals surface area contributed by atoms with Gasteiger partial charge in [-0.25, -0.2) is 0 Å². The summed E-state index contributed by atoms with van der Waals surface area (Å²) in [6, 6.07) is 0.560. The zero-order valence-electron chi connectivity index (χ0n) is 8.32. The molecule has 0 radical (unpaired) electrons. The van der Waals surface area contributed by atoms with E-state index in [2.05, 4.69) is 18.7 Å². The molecule has 0 aromatic heterocycles. The van der Waals surface area contributed by atoms with Crippen molar-refractivity contribution in [2.75, 3.05) is 32.7 Å². The van der Waals surface area contributed by atoms with Crippen molar-refractivity contribution in [2.24, 2.45) is 0 Å². The molecule has 4 nitrogen and oxygen atoms in total. The van der Waals surface area contributed by atoms with Gasteiger partial charge in [-0.2, -0.15) is 0 Å². The Morgan fingerprint density at radius 3 is 2.23 bits per heavy atom. The number of carboxylic acid groups (broad SMARTS) is 1. The molecule has 0 unspecified atom stereocenters. The van der Waals surface area contributed by atoms with E-state index in [-0.39, 0.29) is 6.54 Å². The first-order chi connectivity index (χ1) is 6.09. The smallest absolute Gasteiger partial charge is 0.0555 e. The highest BCUT2D eigenvalue weighted by Gasteiger charge is 2.18. The fourth-order valence-corrected chi connectivity index (χ4v) is 1.62. The van der Waals surface area contributed by atoms with E-state index >= 15 is 0 Å². The van der Waals surface area contributed by atoms with E-state index in [1.54, 1.807) is 0 Å². The van der Waals surface area contributed by atoms with E-state index in [1.807, 2.05) is 4.90 Å². The summed E-state index contributed by atoms with van der Waals surface area (Å²) in [6.45, 7) is 8.00. The van der Waals surface area contributed by atoms with Crippen molar-refractivity contribution in [1.29, 1.82) is 0 Å². The van der Waals surface area contributed by atoms with E-state index < -0.39 is 5.97 Å². The Hall–Kier alpha value is -0.610. The number of carbonyl (C=O) groups excluding carboxylic acids is 1. The van der Waals surface area contributed by atoms with Gasteiger partial charge in [0.2, 0.25) is 0 Å². The van der Waals surface area contributed by atoms with Crippen molar-refractivity contribution in [3.63, 3.8) is 0 Å². The molecule has 0 bridgehead atoms. The average molecular weight is 185 g/mol. The quantitative estimate of drug-likeness (QED) is 0.552. The first-order valence-corrected chi connectivity index (χ1v) is 4.76. The molecule has 1 rings (SSSR count). The van der Waals surface area contributed by atoms with Crippen LogP contribution < -0.4 is 5.11 Å². The number of nitrogens with zero attached hydrogens (tertiary/aromatic N) is 2. The molecule has 0 N–H and O–H groups in total. The lowest BCUT2D eigenvalue weighted by Gasteiger charge is -2.36. The molecule has 1 aliphatic rings. The zero-order chi connectivity index (χ0) is 9.84. The number of carbonyl (C=O) groups is 1. The molecular formula is C9H17N2O2-. The van der Waals surface area contributed by atoms with E-state index in [0.717, 1.165) is 26.2 Å². The summed E-state index contributed by atoms with van der Waals surface area (Å²) in [6.07, 6.45) is 0. The van der Waals surface area contributed by atoms with Crippen LogP contribution in [0.5, 0.6) is 0 Å². The van der Waals surface area contributed by atoms with Crippen molar-refractivity contribution >= 4 is 5.97 Å². The van der Waals surface area contributed by atoms with Gasteiger partial charge in [0.15, 0.2) is 0 Å². The molecule has 0 atom stereocenters. The lowest BCUT2D eigenvalue weighted by atomic mass is 10.2. The van der Waals surface area contributed by atoms with Crippen LogP contribution in [0.2, 0.25) is 0 Å². The Morgan fingerprint density at radius 1 is 1.31 bits per heavy atom. The van der Waals surface area contributed by atoms with Crippen LogP contribution in [0, 0.1) is 0 Å². The maximum absolute atomic E-state index is 10.3. The number of hydrogen-bond acceptors (Lipinski definition) is 4. The summed E-state index contributed by atoms with van der Waals surface area (Å²) in [5.74, 6) is -0.974. The summed E-state index contributed by atoms with van der Waals surface area (Å²) in [5, 5.41) is 10.3. The van der Waals surface area contributed by atoms with Gasteiger partial charge in [0.05, 0.1) is 5.97 Å². The Labute approximate surface area is 79.1 Å². The van der Waals surface area contributed by atoms with E-state index in [9.17, 15) is 9.90 Å². The summed E-state index contributed by atoms with van der Waals surface area (Å²) in [4.78, 5) is 14.6. The van der Waals surface area contributed by atoms with Crippen LogP contribution in [-0.4, -0.2) is 54.5 Å². The van der Waals surface area contributed by atoms with E-state index in [4.69, 9.17) is 0 Å². The molecule has 0 aliphatic carbocycles. The number of hydrogen-bond donors (Lipinski definition) is 0. The Bertz CT molecular complexity index is 174. The molecule has 13 heavy (non-hydrogen) atoms. The summed E-state index contributed by atoms with van der Waals surface area (Å²) in [5.41, 5.74) is 0. The van der Waals surface area contributed by atoms with Crippen molar-refractivity contribution in [3.8, 4) is 0 Å². The Kier molecular flexibility index (Phi) is 3.69. The van der Waals surface area contributed by atoms with Crippen LogP contribution in [0.25, 0.3) is 0 Å². The van der Waals surface area contributed by atoms with Crippen LogP contribution in [0.4, 0.5) is 0 Å². The lowest BCUT2D eigenvalue weighted by molar-refractivity contribution is -0.306. The van der Waals surface area contributed by atoms with E-state index in [0.29, 0.717) is 6.04 Å². The number of piperazine rings is 1. The monoisotopic (exact) mass is 185 g/mol. The van der Waals surface area contributed by atoms with Crippen LogP contribution in [0.3, 0.4) is 0 Å². The largest absolute Gasteiger partial charge is 0.549 e. The molecule has 0 saturated carbocycles. The van der Waals surface area contributed by atoms with Gasteiger partial charge in [-0.1, -0.05) is 0 Å². The standard InChI is InChI=1S/C9H18N2O2/c1-8(2)11-5-3-10(4-6-11)7-9(12)13/h8H,3-7H2,1-2H3,(H,12,13)/p-1. The van der Waals surface area contributed by atoms with Gasteiger partial charge in [0.1, 0.15) is 0 Å². The fourth-order valence-electron chi connectivity index (χ4n) is 1.62. The molecule has 1 aliphatic heterocycles. The van der Waals surface area contributed by atoms with Crippen LogP contribution >= 0.6 is 0 Å². The fraction of sp³-hybridized carbons (Fsp3) is 0.889. The predicted molar refractivity (Wildman–Crippen MR) is 48.2 cm³/mol. The van der Waals surface area contributed by atoms with Crippen molar-refractivity contribution < 1.29 is 9.90 Å². The summed E-state index contributed by atoms with van der Waals surface area (Å²) in [7, 11) is 0. The maximum atomic E-state index is 10.3. The minimum Gasteiger partial charge on any atom is -0.549 e. The molecule has 0 aromatic carbocycles. The summed E-state index contributed by atoms with van der Waals surface area (Å²) < 4.78 is 0. The van der Waals surface area contributed by atoms with Crippen molar-refractivity contribution in [2.45, 2.75) is 19.9 Å². The van der Waals surface area contributed by atoms with Crippen molar-refractivity contribution in [3.05, 3.63) is 0 Å². The molecule has 4 heteroatoms. The minimum atomic E-state index is -0.974. The van der Waals surface area contributed by atoms with Gasteiger partial charge < -0.3 is 9.90 Å². The third kappa shape index (κ3) is 3.32. The van der Waals surface area contributed by atoms with Crippen molar-refractivity contribution in [1.82, 2.24) is 9.80 Å². The SMILES string of the molecule is CC(C)N1CCN(CC(=O)[O-])CC1. The third-order valence-corrected chi connectivity index (χ3v) is 2.49. The minimum absolute atomic E-state index is 0.0753. The zero-order valence-corrected chi connectivity index (χ0v) is 8.32. The first-order valence-electron chi connectivity index (χ1n) is 4.76. The second-order valence-corrected chi connectivity index (χ2v) is 3.78. The highest BCUT2D eigenvalue weighted by Crippen LogP contribution is 2.04. The van der Waals surface area contributed by atoms with Gasteiger partial charge >= 0.3 is 0 Å². The first kappa shape index (κ1) is 10.5. The van der Waals surface area contributed by atoms with Gasteiger partial charge in [-0.3, -0.25) is 9.80 Å². The number of carboxylic acids is 1. The topological polar surface area (TPSA) is 46.6 Å². The number of rotatable bonds is 3. The molecule has 1 heterocycles. The second kappa shape index (κ2) is 4.58. The van der Waals surface area contributed by atoms with Crippen LogP contribution in [-0.2, 0) is 4.79 Å². The number of aliphatic carboxylic acids is 1. The molecule has 0 aromatic rings. The average Bonchev–Trinajstić information content (AvgIpc) is 2.04. The Morgan fingerprint density at radius 2 is 1.85 bits per heavy atom. The summed E-state index contributed by atoms with van der Waals surface area (Å²) >= 11 is 0. The molecular weight excluding hydrogens is 168 g/mol. The molecule has 0 amide bonds. The Balaban J connectivity index is 2.26. The normalized spacial score (nSPS) is 20.8. The molecule has 76 valence electrons. The molecule has 1 saturated heterocycles. The maximum Gasteiger partial charge on any atom is 0.0555 e. The third-order valence-electron chi connectivity index (χ3n) is 2.49. The van der Waals surface area contributed by atoms with Gasteiger partial charge in [0.25, 0.3) is 0 Å². The molecule has 0 spiro atoms. The van der Waals surface area contributed by atoms with E-state index in [1.165, 1.54) is 0 Å².